The minimum atomic E-state index is 0.213. The second-order valence-electron chi connectivity index (χ2n) is 6.69. The van der Waals surface area contributed by atoms with Crippen LogP contribution >= 0.6 is 0 Å². The molecule has 0 aliphatic heterocycles. The maximum Gasteiger partial charge on any atom is 0.160 e. The fourth-order valence-corrected chi connectivity index (χ4v) is 2.52. The van der Waals surface area contributed by atoms with Gasteiger partial charge in [-0.3, -0.25) is 0 Å². The van der Waals surface area contributed by atoms with Crippen LogP contribution in [0.5, 0.6) is 11.5 Å². The van der Waals surface area contributed by atoms with Crippen LogP contribution in [-0.2, 0) is 0 Å². The normalized spacial score (nSPS) is 15.1. The first kappa shape index (κ1) is 15.9. The summed E-state index contributed by atoms with van der Waals surface area (Å²) in [6, 6.07) is 5.75. The van der Waals surface area contributed by atoms with Crippen LogP contribution in [0.1, 0.15) is 58.9 Å². The Hall–Kier alpha value is -1.18. The van der Waals surface area contributed by atoms with Crippen LogP contribution < -0.4 is 4.74 Å². The van der Waals surface area contributed by atoms with Gasteiger partial charge in [0.1, 0.15) is 0 Å². The Morgan fingerprint density at radius 1 is 1.26 bits per heavy atom. The third-order valence-corrected chi connectivity index (χ3v) is 3.80. The maximum absolute atomic E-state index is 9.72. The van der Waals surface area contributed by atoms with Crippen LogP contribution in [0.3, 0.4) is 0 Å². The van der Waals surface area contributed by atoms with Crippen molar-refractivity contribution in [1.29, 1.82) is 0 Å². The van der Waals surface area contributed by atoms with Crippen molar-refractivity contribution < 1.29 is 9.84 Å². The lowest BCUT2D eigenvalue weighted by atomic mass is 9.75. The van der Waals surface area contributed by atoms with Gasteiger partial charge in [-0.05, 0) is 41.4 Å². The van der Waals surface area contributed by atoms with Crippen LogP contribution in [0.15, 0.2) is 18.2 Å². The van der Waals surface area contributed by atoms with E-state index in [1.165, 1.54) is 5.56 Å². The summed E-state index contributed by atoms with van der Waals surface area (Å²) in [6.07, 6.45) is 2.29. The molecule has 1 aromatic carbocycles. The van der Waals surface area contributed by atoms with Crippen molar-refractivity contribution in [3.63, 3.8) is 0 Å². The lowest BCUT2D eigenvalue weighted by Crippen LogP contribution is -2.17. The summed E-state index contributed by atoms with van der Waals surface area (Å²) >= 11 is 0. The van der Waals surface area contributed by atoms with E-state index in [0.29, 0.717) is 23.0 Å². The largest absolute Gasteiger partial charge is 0.504 e. The first-order chi connectivity index (χ1) is 8.78. The van der Waals surface area contributed by atoms with Crippen molar-refractivity contribution >= 4 is 0 Å². The average molecular weight is 264 g/mol. The average Bonchev–Trinajstić information content (AvgIpc) is 2.35. The minimum absolute atomic E-state index is 0.213. The van der Waals surface area contributed by atoms with Crippen LogP contribution in [0.25, 0.3) is 0 Å². The second kappa shape index (κ2) is 6.31. The lowest BCUT2D eigenvalue weighted by Gasteiger charge is -2.30. The van der Waals surface area contributed by atoms with Gasteiger partial charge < -0.3 is 9.84 Å². The number of methoxy groups -OCH3 is 1. The van der Waals surface area contributed by atoms with Gasteiger partial charge in [0.05, 0.1) is 7.11 Å². The zero-order valence-corrected chi connectivity index (χ0v) is 13.2. The highest BCUT2D eigenvalue weighted by Crippen LogP contribution is 2.40. The van der Waals surface area contributed by atoms with Gasteiger partial charge in [0.15, 0.2) is 11.5 Å². The first-order valence-corrected chi connectivity index (χ1v) is 7.15. The molecule has 0 bridgehead atoms. The molecule has 0 radical (unpaired) electrons. The lowest BCUT2D eigenvalue weighted by molar-refractivity contribution is 0.287. The van der Waals surface area contributed by atoms with E-state index < -0.39 is 0 Å². The zero-order valence-electron chi connectivity index (χ0n) is 13.2. The van der Waals surface area contributed by atoms with E-state index in [2.05, 4.69) is 34.6 Å². The molecule has 0 heterocycles. The van der Waals surface area contributed by atoms with Crippen LogP contribution in [-0.4, -0.2) is 12.2 Å². The molecule has 0 aliphatic carbocycles. The molecule has 1 aromatic rings. The predicted molar refractivity (Wildman–Crippen MR) is 80.9 cm³/mol. The molecule has 2 atom stereocenters. The topological polar surface area (TPSA) is 29.5 Å². The van der Waals surface area contributed by atoms with Crippen LogP contribution in [0, 0.1) is 11.3 Å². The number of rotatable bonds is 5. The highest BCUT2D eigenvalue weighted by atomic mass is 16.5. The number of benzene rings is 1. The van der Waals surface area contributed by atoms with Gasteiger partial charge in [-0.1, -0.05) is 47.1 Å². The van der Waals surface area contributed by atoms with Crippen molar-refractivity contribution in [2.75, 3.05) is 7.11 Å². The summed E-state index contributed by atoms with van der Waals surface area (Å²) in [5.74, 6) is 1.90. The second-order valence-corrected chi connectivity index (χ2v) is 6.69. The van der Waals surface area contributed by atoms with Crippen molar-refractivity contribution in [2.24, 2.45) is 11.3 Å². The van der Waals surface area contributed by atoms with E-state index in [-0.39, 0.29) is 5.75 Å². The third kappa shape index (κ3) is 4.45. The van der Waals surface area contributed by atoms with Crippen LogP contribution in [0.4, 0.5) is 0 Å². The van der Waals surface area contributed by atoms with Gasteiger partial charge in [-0.2, -0.15) is 0 Å². The van der Waals surface area contributed by atoms with Gasteiger partial charge in [-0.15, -0.1) is 0 Å². The predicted octanol–water partition coefficient (Wildman–Crippen LogP) is 4.97. The minimum Gasteiger partial charge on any atom is -0.504 e. The molecule has 0 saturated carbocycles. The smallest absolute Gasteiger partial charge is 0.160 e. The highest BCUT2D eigenvalue weighted by molar-refractivity contribution is 5.43. The zero-order chi connectivity index (χ0) is 14.6. The molecule has 0 aromatic heterocycles. The highest BCUT2D eigenvalue weighted by Gasteiger charge is 2.25. The SMILES string of the molecule is CCC(C)C(CC(C)(C)C)c1ccc(O)c(OC)c1. The van der Waals surface area contributed by atoms with Gasteiger partial charge in [-0.25, -0.2) is 0 Å². The molecule has 2 unspecified atom stereocenters. The quantitative estimate of drug-likeness (QED) is 0.814. The van der Waals surface area contributed by atoms with Crippen molar-refractivity contribution in [3.05, 3.63) is 23.8 Å². The van der Waals surface area contributed by atoms with Crippen LogP contribution in [0.2, 0.25) is 0 Å². The number of hydrogen-bond donors (Lipinski definition) is 1. The molecule has 0 amide bonds. The number of aromatic hydroxyl groups is 1. The molecule has 19 heavy (non-hydrogen) atoms. The summed E-state index contributed by atoms with van der Waals surface area (Å²) in [5.41, 5.74) is 1.55. The van der Waals surface area contributed by atoms with Crippen molar-refractivity contribution in [3.8, 4) is 11.5 Å². The number of ether oxygens (including phenoxy) is 1. The molecule has 0 fully saturated rings. The van der Waals surface area contributed by atoms with Gasteiger partial charge in [0, 0.05) is 0 Å². The molecule has 0 saturated heterocycles. The maximum atomic E-state index is 9.72. The monoisotopic (exact) mass is 264 g/mol. The first-order valence-electron chi connectivity index (χ1n) is 7.15. The molecule has 0 spiro atoms. The molecular weight excluding hydrogens is 236 g/mol. The molecule has 1 N–H and O–H groups in total. The summed E-state index contributed by atoms with van der Waals surface area (Å²) in [5, 5.41) is 9.72. The fourth-order valence-electron chi connectivity index (χ4n) is 2.52. The summed E-state index contributed by atoms with van der Waals surface area (Å²) < 4.78 is 5.23. The van der Waals surface area contributed by atoms with E-state index >= 15 is 0 Å². The Morgan fingerprint density at radius 3 is 2.37 bits per heavy atom. The number of hydrogen-bond acceptors (Lipinski definition) is 2. The Bertz CT molecular complexity index is 404. The fraction of sp³-hybridized carbons (Fsp3) is 0.647. The molecule has 1 rings (SSSR count). The summed E-state index contributed by atoms with van der Waals surface area (Å²) in [6.45, 7) is 11.4. The number of phenols is 1. The Morgan fingerprint density at radius 2 is 1.89 bits per heavy atom. The third-order valence-electron chi connectivity index (χ3n) is 3.80. The van der Waals surface area contributed by atoms with E-state index in [1.807, 2.05) is 12.1 Å². The van der Waals surface area contributed by atoms with E-state index in [4.69, 9.17) is 4.74 Å². The summed E-state index contributed by atoms with van der Waals surface area (Å²) in [7, 11) is 1.60. The molecule has 2 heteroatoms. The summed E-state index contributed by atoms with van der Waals surface area (Å²) in [4.78, 5) is 0. The van der Waals surface area contributed by atoms with Crippen molar-refractivity contribution in [2.45, 2.75) is 53.4 Å². The molecule has 108 valence electrons. The van der Waals surface area contributed by atoms with Gasteiger partial charge in [0.2, 0.25) is 0 Å². The van der Waals surface area contributed by atoms with Gasteiger partial charge >= 0.3 is 0 Å². The number of phenolic OH excluding ortho intramolecular Hbond substituents is 1. The standard InChI is InChI=1S/C17H28O2/c1-7-12(2)14(11-17(3,4)5)13-8-9-15(18)16(10-13)19-6/h8-10,12,14,18H,7,11H2,1-6H3. The van der Waals surface area contributed by atoms with E-state index in [0.717, 1.165) is 12.8 Å². The Balaban J connectivity index is 3.10. The Kier molecular flexibility index (Phi) is 5.28. The van der Waals surface area contributed by atoms with Crippen molar-refractivity contribution in [1.82, 2.24) is 0 Å². The molecular formula is C17H28O2. The van der Waals surface area contributed by atoms with E-state index in [1.54, 1.807) is 13.2 Å². The van der Waals surface area contributed by atoms with E-state index in [9.17, 15) is 5.11 Å². The molecule has 2 nitrogen and oxygen atoms in total. The Labute approximate surface area is 117 Å². The molecule has 0 aliphatic rings. The van der Waals surface area contributed by atoms with Gasteiger partial charge in [0.25, 0.3) is 0 Å².